The minimum atomic E-state index is -2.96. The van der Waals surface area contributed by atoms with Gasteiger partial charge in [0, 0.05) is 0 Å². The molecule has 0 amide bonds. The quantitative estimate of drug-likeness (QED) is 0.666. The second kappa shape index (κ2) is 6.75. The average Bonchev–Trinajstić information content (AvgIpc) is 3.10. The van der Waals surface area contributed by atoms with E-state index in [1.807, 2.05) is 0 Å². The number of nitrogens with one attached hydrogen (secondary N) is 1. The van der Waals surface area contributed by atoms with Crippen molar-refractivity contribution in [2.75, 3.05) is 7.11 Å². The third kappa shape index (κ3) is 3.04. The van der Waals surface area contributed by atoms with Crippen LogP contribution in [-0.4, -0.2) is 28.9 Å². The van der Waals surface area contributed by atoms with Crippen LogP contribution < -0.4 is 4.74 Å². The number of fused-ring (bicyclic) bond motifs is 1. The van der Waals surface area contributed by atoms with Crippen LogP contribution in [-0.2, 0) is 11.3 Å². The molecule has 2 aromatic heterocycles. The summed E-state index contributed by atoms with van der Waals surface area (Å²) in [7, 11) is 1.42. The normalized spacial score (nSPS) is 11.6. The summed E-state index contributed by atoms with van der Waals surface area (Å²) in [6.07, 6.45) is 0. The summed E-state index contributed by atoms with van der Waals surface area (Å²) in [5, 5.41) is 6.75. The van der Waals surface area contributed by atoms with Gasteiger partial charge >= 0.3 is 6.61 Å². The van der Waals surface area contributed by atoms with E-state index in [9.17, 15) is 13.2 Å². The van der Waals surface area contributed by atoms with Gasteiger partial charge in [-0.25, -0.2) is 9.37 Å². The molecule has 0 aliphatic heterocycles. The number of aromatic nitrogens is 3. The summed E-state index contributed by atoms with van der Waals surface area (Å²) in [4.78, 5) is 4.15. The van der Waals surface area contributed by atoms with Crippen molar-refractivity contribution < 1.29 is 22.6 Å². The molecule has 0 spiro atoms. The van der Waals surface area contributed by atoms with E-state index in [4.69, 9.17) is 27.9 Å². The van der Waals surface area contributed by atoms with E-state index in [0.29, 0.717) is 10.2 Å². The molecule has 128 valence electrons. The molecule has 0 aliphatic carbocycles. The summed E-state index contributed by atoms with van der Waals surface area (Å²) in [5.41, 5.74) is 0.542. The minimum Gasteiger partial charge on any atom is -0.473 e. The Morgan fingerprint density at radius 2 is 2.12 bits per heavy atom. The van der Waals surface area contributed by atoms with Crippen LogP contribution in [0.3, 0.4) is 0 Å². The van der Waals surface area contributed by atoms with Crippen LogP contribution >= 0.6 is 34.5 Å². The fourth-order valence-electron chi connectivity index (χ4n) is 2.07. The van der Waals surface area contributed by atoms with Crippen LogP contribution in [0, 0.1) is 5.82 Å². The van der Waals surface area contributed by atoms with Gasteiger partial charge < -0.3 is 9.47 Å². The molecule has 0 fully saturated rings. The highest BCUT2D eigenvalue weighted by molar-refractivity contribution is 7.20. The molecule has 0 saturated heterocycles. The molecular weight excluding hydrogens is 390 g/mol. The van der Waals surface area contributed by atoms with E-state index >= 15 is 0 Å². The first-order valence-electron chi connectivity index (χ1n) is 6.37. The first kappa shape index (κ1) is 17.3. The monoisotopic (exact) mass is 397 g/mol. The average molecular weight is 398 g/mol. The second-order valence-corrected chi connectivity index (χ2v) is 6.26. The molecule has 1 N–H and O–H groups in total. The summed E-state index contributed by atoms with van der Waals surface area (Å²) in [6, 6.07) is 1.08. The van der Waals surface area contributed by atoms with Gasteiger partial charge in [0.15, 0.2) is 0 Å². The highest BCUT2D eigenvalue weighted by Gasteiger charge is 2.23. The van der Waals surface area contributed by atoms with Gasteiger partial charge in [-0.15, -0.1) is 0 Å². The third-order valence-electron chi connectivity index (χ3n) is 3.09. The van der Waals surface area contributed by atoms with Crippen molar-refractivity contribution in [3.63, 3.8) is 0 Å². The summed E-state index contributed by atoms with van der Waals surface area (Å²) in [6.45, 7) is -3.45. The van der Waals surface area contributed by atoms with Crippen molar-refractivity contribution in [1.29, 1.82) is 0 Å². The SMILES string of the molecule is COc1nc2c(Cl)cc(F)c(-c3n[nH]c(COC(F)F)c3Cl)c2s1. The molecule has 3 rings (SSSR count). The van der Waals surface area contributed by atoms with Crippen molar-refractivity contribution in [2.45, 2.75) is 13.2 Å². The number of ether oxygens (including phenoxy) is 2. The minimum absolute atomic E-state index is 0.0226. The van der Waals surface area contributed by atoms with Gasteiger partial charge in [0.2, 0.25) is 0 Å². The molecule has 2 heterocycles. The topological polar surface area (TPSA) is 60.0 Å². The van der Waals surface area contributed by atoms with Gasteiger partial charge in [-0.05, 0) is 6.07 Å². The zero-order valence-corrected chi connectivity index (χ0v) is 14.2. The fourth-order valence-corrected chi connectivity index (χ4v) is 3.54. The van der Waals surface area contributed by atoms with Crippen molar-refractivity contribution in [1.82, 2.24) is 15.2 Å². The van der Waals surface area contributed by atoms with Gasteiger partial charge in [-0.1, -0.05) is 34.5 Å². The first-order valence-corrected chi connectivity index (χ1v) is 7.95. The zero-order valence-electron chi connectivity index (χ0n) is 11.9. The first-order chi connectivity index (χ1) is 11.4. The summed E-state index contributed by atoms with van der Waals surface area (Å²) in [5.74, 6) is -0.673. The molecular formula is C13H8Cl2F3N3O2S. The standard InChI is InChI=1S/C13H8Cl2F3N3O2S/c1-22-13-19-9-4(14)2-5(16)7(11(9)24-13)10-8(15)6(20-21-10)3-23-12(17)18/h2,12H,3H2,1H3,(H,20,21). The molecule has 0 radical (unpaired) electrons. The maximum atomic E-state index is 14.5. The lowest BCUT2D eigenvalue weighted by molar-refractivity contribution is -0.137. The molecule has 0 aliphatic rings. The van der Waals surface area contributed by atoms with Crippen molar-refractivity contribution in [3.8, 4) is 16.5 Å². The van der Waals surface area contributed by atoms with Crippen LogP contribution in [0.2, 0.25) is 10.0 Å². The summed E-state index contributed by atoms with van der Waals surface area (Å²) >= 11 is 13.2. The number of hydrogen-bond donors (Lipinski definition) is 1. The maximum absolute atomic E-state index is 14.5. The predicted molar refractivity (Wildman–Crippen MR) is 84.5 cm³/mol. The lowest BCUT2D eigenvalue weighted by Gasteiger charge is -2.04. The number of alkyl halides is 2. The predicted octanol–water partition coefficient (Wildman–Crippen LogP) is 4.88. The number of hydrogen-bond acceptors (Lipinski definition) is 5. The molecule has 1 aromatic carbocycles. The maximum Gasteiger partial charge on any atom is 0.345 e. The highest BCUT2D eigenvalue weighted by atomic mass is 35.5. The Labute approximate surface area is 147 Å². The second-order valence-electron chi connectivity index (χ2n) is 4.51. The molecule has 5 nitrogen and oxygen atoms in total. The van der Waals surface area contributed by atoms with E-state index in [1.54, 1.807) is 0 Å². The van der Waals surface area contributed by atoms with Crippen LogP contribution in [0.15, 0.2) is 6.07 Å². The Morgan fingerprint density at radius 3 is 2.79 bits per heavy atom. The molecule has 0 bridgehead atoms. The number of H-pyrrole nitrogens is 1. The van der Waals surface area contributed by atoms with Gasteiger partial charge in [-0.3, -0.25) is 5.10 Å². The number of rotatable bonds is 5. The molecule has 24 heavy (non-hydrogen) atoms. The van der Waals surface area contributed by atoms with Gasteiger partial charge in [0.1, 0.15) is 17.0 Å². The molecule has 0 saturated carbocycles. The van der Waals surface area contributed by atoms with E-state index in [0.717, 1.165) is 17.4 Å². The Hall–Kier alpha value is -1.55. The largest absolute Gasteiger partial charge is 0.473 e. The number of methoxy groups -OCH3 is 1. The molecule has 11 heteroatoms. The number of aromatic amines is 1. The number of nitrogens with zero attached hydrogens (tertiary/aromatic N) is 2. The lowest BCUT2D eigenvalue weighted by atomic mass is 10.1. The van der Waals surface area contributed by atoms with Gasteiger partial charge in [0.05, 0.1) is 39.7 Å². The Balaban J connectivity index is 2.14. The van der Waals surface area contributed by atoms with Crippen LogP contribution in [0.5, 0.6) is 5.19 Å². The Bertz CT molecular complexity index is 900. The number of halogens is 5. The number of benzene rings is 1. The molecule has 0 atom stereocenters. The van der Waals surface area contributed by atoms with E-state index in [2.05, 4.69) is 19.9 Å². The zero-order chi connectivity index (χ0) is 17.4. The molecule has 3 aromatic rings. The Morgan fingerprint density at radius 1 is 1.38 bits per heavy atom. The highest BCUT2D eigenvalue weighted by Crippen LogP contribution is 2.42. The van der Waals surface area contributed by atoms with Gasteiger partial charge in [-0.2, -0.15) is 13.9 Å². The summed E-state index contributed by atoms with van der Waals surface area (Å²) < 4.78 is 48.4. The number of thiazole rings is 1. The van der Waals surface area contributed by atoms with Crippen molar-refractivity contribution >= 4 is 44.8 Å². The fraction of sp³-hybridized carbons (Fsp3) is 0.231. The van der Waals surface area contributed by atoms with Crippen LogP contribution in [0.1, 0.15) is 5.69 Å². The third-order valence-corrected chi connectivity index (χ3v) is 4.82. The Kier molecular flexibility index (Phi) is 4.86. The van der Waals surface area contributed by atoms with Crippen LogP contribution in [0.4, 0.5) is 13.2 Å². The van der Waals surface area contributed by atoms with Crippen molar-refractivity contribution in [3.05, 3.63) is 27.6 Å². The van der Waals surface area contributed by atoms with E-state index < -0.39 is 19.0 Å². The molecule has 0 unspecified atom stereocenters. The van der Waals surface area contributed by atoms with E-state index in [1.165, 1.54) is 7.11 Å². The lowest BCUT2D eigenvalue weighted by Crippen LogP contribution is -1.99. The van der Waals surface area contributed by atoms with E-state index in [-0.39, 0.29) is 32.2 Å². The smallest absolute Gasteiger partial charge is 0.345 e. The van der Waals surface area contributed by atoms with Crippen molar-refractivity contribution in [2.24, 2.45) is 0 Å². The van der Waals surface area contributed by atoms with Gasteiger partial charge in [0.25, 0.3) is 5.19 Å². The van der Waals surface area contributed by atoms with Crippen LogP contribution in [0.25, 0.3) is 21.5 Å².